The van der Waals surface area contributed by atoms with Gasteiger partial charge in [-0.05, 0) is 60.7 Å². The van der Waals surface area contributed by atoms with E-state index in [1.54, 1.807) is 6.07 Å². The molecule has 0 radical (unpaired) electrons. The number of nitrogens with zero attached hydrogens (tertiary/aromatic N) is 4. The quantitative estimate of drug-likeness (QED) is 0.406. The van der Waals surface area contributed by atoms with Gasteiger partial charge in [0.2, 0.25) is 11.3 Å². The van der Waals surface area contributed by atoms with E-state index in [-0.39, 0.29) is 11.5 Å². The minimum Gasteiger partial charge on any atom is -0.358 e. The summed E-state index contributed by atoms with van der Waals surface area (Å²) in [6.07, 6.45) is 0. The molecule has 25 heavy (non-hydrogen) atoms. The molecule has 0 aliphatic rings. The number of hydrogen-bond acceptors (Lipinski definition) is 4. The molecule has 0 saturated heterocycles. The zero-order valence-electron chi connectivity index (χ0n) is 13.5. The van der Waals surface area contributed by atoms with Crippen molar-refractivity contribution in [1.82, 2.24) is 14.4 Å². The second-order valence-electron chi connectivity index (χ2n) is 5.89. The van der Waals surface area contributed by atoms with Gasteiger partial charge in [-0.25, -0.2) is 9.37 Å². The van der Waals surface area contributed by atoms with Gasteiger partial charge in [0, 0.05) is 22.7 Å². The molecule has 7 heteroatoms. The van der Waals surface area contributed by atoms with Crippen LogP contribution >= 0.6 is 0 Å². The average molecular weight is 336 g/mol. The van der Waals surface area contributed by atoms with E-state index < -0.39 is 10.7 Å². The summed E-state index contributed by atoms with van der Waals surface area (Å²) < 4.78 is 14.6. The van der Waals surface area contributed by atoms with E-state index in [1.165, 1.54) is 28.7 Å². The molecule has 0 fully saturated rings. The van der Waals surface area contributed by atoms with Crippen molar-refractivity contribution in [2.45, 2.75) is 13.8 Å². The molecule has 0 unspecified atom stereocenters. The monoisotopic (exact) mass is 336 g/mol. The molecule has 0 N–H and O–H groups in total. The Morgan fingerprint density at radius 1 is 1.08 bits per heavy atom. The van der Waals surface area contributed by atoms with Gasteiger partial charge in [0.15, 0.2) is 5.69 Å². The molecule has 0 aliphatic carbocycles. The molecule has 0 saturated carbocycles. The van der Waals surface area contributed by atoms with Crippen molar-refractivity contribution >= 4 is 22.5 Å². The van der Waals surface area contributed by atoms with Crippen LogP contribution in [0, 0.1) is 29.8 Å². The SMILES string of the molecule is Cc1cc(C)c2ccc3nc(-c4ccc(F)cc4)c([N+](=O)[O-])n3c2n1. The van der Waals surface area contributed by atoms with Gasteiger partial charge in [0.1, 0.15) is 5.82 Å². The topological polar surface area (TPSA) is 73.3 Å². The lowest BCUT2D eigenvalue weighted by Gasteiger charge is -2.04. The van der Waals surface area contributed by atoms with Crippen LogP contribution in [0.5, 0.6) is 0 Å². The van der Waals surface area contributed by atoms with E-state index in [2.05, 4.69) is 9.97 Å². The summed E-state index contributed by atoms with van der Waals surface area (Å²) in [6, 6.07) is 11.0. The number of aromatic nitrogens is 3. The largest absolute Gasteiger partial charge is 0.358 e. The number of benzene rings is 1. The molecule has 6 nitrogen and oxygen atoms in total. The average Bonchev–Trinajstić information content (AvgIpc) is 2.95. The number of nitro groups is 1. The lowest BCUT2D eigenvalue weighted by molar-refractivity contribution is -0.389. The van der Waals surface area contributed by atoms with Gasteiger partial charge in [0.25, 0.3) is 0 Å². The molecular formula is C18H13FN4O2. The molecule has 3 heterocycles. The first-order valence-corrected chi connectivity index (χ1v) is 7.65. The van der Waals surface area contributed by atoms with Crippen LogP contribution < -0.4 is 0 Å². The van der Waals surface area contributed by atoms with Gasteiger partial charge in [0.05, 0.1) is 0 Å². The van der Waals surface area contributed by atoms with Crippen LogP contribution in [0.2, 0.25) is 0 Å². The highest BCUT2D eigenvalue weighted by Crippen LogP contribution is 2.33. The van der Waals surface area contributed by atoms with Crippen LogP contribution in [0.25, 0.3) is 27.9 Å². The van der Waals surface area contributed by atoms with Crippen LogP contribution in [0.4, 0.5) is 10.2 Å². The lowest BCUT2D eigenvalue weighted by atomic mass is 10.1. The number of hydrogen-bond donors (Lipinski definition) is 0. The molecule has 3 aromatic heterocycles. The van der Waals surface area contributed by atoms with Crippen molar-refractivity contribution in [1.29, 1.82) is 0 Å². The van der Waals surface area contributed by atoms with Crippen molar-refractivity contribution in [3.05, 3.63) is 69.7 Å². The first-order chi connectivity index (χ1) is 12.0. The van der Waals surface area contributed by atoms with Crippen LogP contribution in [-0.2, 0) is 0 Å². The van der Waals surface area contributed by atoms with E-state index in [1.807, 2.05) is 26.0 Å². The Morgan fingerprint density at radius 3 is 2.48 bits per heavy atom. The fourth-order valence-corrected chi connectivity index (χ4v) is 3.08. The summed E-state index contributed by atoms with van der Waals surface area (Å²) in [4.78, 5) is 20.2. The molecule has 1 aromatic carbocycles. The van der Waals surface area contributed by atoms with Gasteiger partial charge >= 0.3 is 5.82 Å². The Kier molecular flexibility index (Phi) is 3.24. The maximum atomic E-state index is 13.2. The molecule has 0 spiro atoms. The molecule has 0 bridgehead atoms. The Hall–Kier alpha value is -3.35. The highest BCUT2D eigenvalue weighted by atomic mass is 19.1. The minimum atomic E-state index is -0.475. The van der Waals surface area contributed by atoms with E-state index in [4.69, 9.17) is 0 Å². The summed E-state index contributed by atoms with van der Waals surface area (Å²) >= 11 is 0. The van der Waals surface area contributed by atoms with Crippen molar-refractivity contribution in [3.63, 3.8) is 0 Å². The van der Waals surface area contributed by atoms with Crippen molar-refractivity contribution in [3.8, 4) is 11.3 Å². The maximum Gasteiger partial charge on any atom is 0.357 e. The predicted octanol–water partition coefficient (Wildman–Crippen LogP) is 4.21. The molecule has 124 valence electrons. The summed E-state index contributed by atoms with van der Waals surface area (Å²) in [5, 5.41) is 12.6. The zero-order valence-corrected chi connectivity index (χ0v) is 13.5. The summed E-state index contributed by atoms with van der Waals surface area (Å²) in [6.45, 7) is 3.78. The number of pyridine rings is 2. The van der Waals surface area contributed by atoms with Gasteiger partial charge in [-0.1, -0.05) is 0 Å². The molecule has 4 aromatic rings. The van der Waals surface area contributed by atoms with Gasteiger partial charge < -0.3 is 10.1 Å². The highest BCUT2D eigenvalue weighted by Gasteiger charge is 2.26. The number of halogens is 1. The number of rotatable bonds is 2. The third kappa shape index (κ3) is 2.32. The second-order valence-corrected chi connectivity index (χ2v) is 5.89. The molecule has 0 aliphatic heterocycles. The predicted molar refractivity (Wildman–Crippen MR) is 92.0 cm³/mol. The van der Waals surface area contributed by atoms with Crippen molar-refractivity contribution in [2.75, 3.05) is 0 Å². The van der Waals surface area contributed by atoms with Gasteiger partial charge in [-0.15, -0.1) is 0 Å². The van der Waals surface area contributed by atoms with Gasteiger partial charge in [-0.3, -0.25) is 0 Å². The zero-order chi connectivity index (χ0) is 17.7. The summed E-state index contributed by atoms with van der Waals surface area (Å²) in [5.74, 6) is -0.585. The van der Waals surface area contributed by atoms with Crippen LogP contribution in [0.3, 0.4) is 0 Å². The molecule has 0 atom stereocenters. The normalized spacial score (nSPS) is 11.3. The van der Waals surface area contributed by atoms with Gasteiger partial charge in [-0.2, -0.15) is 9.38 Å². The number of imidazole rings is 1. The third-order valence-electron chi connectivity index (χ3n) is 4.15. The maximum absolute atomic E-state index is 13.2. The number of fused-ring (bicyclic) bond motifs is 3. The third-order valence-corrected chi connectivity index (χ3v) is 4.15. The molecule has 0 amide bonds. The van der Waals surface area contributed by atoms with E-state index >= 15 is 0 Å². The standard InChI is InChI=1S/C18H13FN4O2/c1-10-9-11(2)20-17-14(10)7-8-15-21-16(18(22(15)17)23(24)25)12-3-5-13(19)6-4-12/h3-9H,1-2H3. The van der Waals surface area contributed by atoms with Crippen LogP contribution in [0.1, 0.15) is 11.3 Å². The second kappa shape index (κ2) is 5.34. The van der Waals surface area contributed by atoms with E-state index in [9.17, 15) is 14.5 Å². The Bertz CT molecular complexity index is 1150. The van der Waals surface area contributed by atoms with E-state index in [0.717, 1.165) is 16.6 Å². The Morgan fingerprint density at radius 2 is 1.80 bits per heavy atom. The first kappa shape index (κ1) is 15.2. The first-order valence-electron chi connectivity index (χ1n) is 7.65. The Balaban J connectivity index is 2.16. The summed E-state index contributed by atoms with van der Waals surface area (Å²) in [5.41, 5.74) is 3.34. The Labute approximate surface area is 141 Å². The lowest BCUT2D eigenvalue weighted by Crippen LogP contribution is -2.00. The number of aryl methyl sites for hydroxylation is 2. The van der Waals surface area contributed by atoms with Crippen LogP contribution in [-0.4, -0.2) is 19.3 Å². The smallest absolute Gasteiger partial charge is 0.357 e. The minimum absolute atomic E-state index is 0.176. The molecule has 4 rings (SSSR count). The van der Waals surface area contributed by atoms with Crippen molar-refractivity contribution in [2.24, 2.45) is 0 Å². The summed E-state index contributed by atoms with van der Waals surface area (Å²) in [7, 11) is 0. The van der Waals surface area contributed by atoms with Crippen LogP contribution in [0.15, 0.2) is 42.5 Å². The fraction of sp³-hybridized carbons (Fsp3) is 0.111. The van der Waals surface area contributed by atoms with Crippen molar-refractivity contribution < 1.29 is 9.31 Å². The highest BCUT2D eigenvalue weighted by molar-refractivity contribution is 5.85. The molecular weight excluding hydrogens is 323 g/mol. The fourth-order valence-electron chi connectivity index (χ4n) is 3.08. The van der Waals surface area contributed by atoms with E-state index in [0.29, 0.717) is 16.9 Å².